The Bertz CT molecular complexity index is 817. The van der Waals surface area contributed by atoms with Crippen LogP contribution in [0.4, 0.5) is 0 Å². The first-order chi connectivity index (χ1) is 26.5. The molecule has 320 valence electrons. The van der Waals surface area contributed by atoms with Crippen LogP contribution in [0.3, 0.4) is 0 Å². The SMILES string of the molecule is CCCC/C=C\CCCCCCCC(=O)OC(CCCCCCCCCC)CC(=O)NC(CO)C(O)CCCCCCCCCCCCCCCCCC. The minimum absolute atomic E-state index is 0.0796. The molecule has 0 aliphatic heterocycles. The van der Waals surface area contributed by atoms with Gasteiger partial charge in [0.25, 0.3) is 0 Å². The van der Waals surface area contributed by atoms with E-state index in [1.165, 1.54) is 161 Å². The quantitative estimate of drug-likeness (QED) is 0.0326. The fraction of sp³-hybridized carbons (Fsp3) is 0.917. The predicted molar refractivity (Wildman–Crippen MR) is 232 cm³/mol. The summed E-state index contributed by atoms with van der Waals surface area (Å²) in [5.74, 6) is -0.477. The lowest BCUT2D eigenvalue weighted by Gasteiger charge is -2.24. The summed E-state index contributed by atoms with van der Waals surface area (Å²) < 4.78 is 5.88. The van der Waals surface area contributed by atoms with Crippen LogP contribution in [0.2, 0.25) is 0 Å². The predicted octanol–water partition coefficient (Wildman–Crippen LogP) is 13.8. The summed E-state index contributed by atoms with van der Waals surface area (Å²) >= 11 is 0. The van der Waals surface area contributed by atoms with Crippen molar-refractivity contribution in [2.75, 3.05) is 6.61 Å². The van der Waals surface area contributed by atoms with Gasteiger partial charge in [0.05, 0.1) is 25.2 Å². The standard InChI is InChI=1S/C48H93NO5/c1-4-7-10-13-16-19-21-22-23-24-25-27-28-31-34-37-40-46(51)45(43-50)49-47(52)42-44(39-36-33-30-18-15-12-9-6-3)54-48(53)41-38-35-32-29-26-20-17-14-11-8-5-2/h14,17,44-46,50-51H,4-13,15-16,18-43H2,1-3H3,(H,49,52)/b17-14-. The molecular weight excluding hydrogens is 671 g/mol. The van der Waals surface area contributed by atoms with Gasteiger partial charge in [0, 0.05) is 6.42 Å². The van der Waals surface area contributed by atoms with Crippen molar-refractivity contribution in [3.63, 3.8) is 0 Å². The van der Waals surface area contributed by atoms with Gasteiger partial charge in [0.2, 0.25) is 5.91 Å². The molecule has 0 radical (unpaired) electrons. The fourth-order valence-corrected chi connectivity index (χ4v) is 7.41. The molecule has 0 aliphatic rings. The molecule has 3 unspecified atom stereocenters. The molecule has 0 saturated carbocycles. The van der Waals surface area contributed by atoms with Crippen LogP contribution in [-0.4, -0.2) is 46.9 Å². The van der Waals surface area contributed by atoms with Gasteiger partial charge in [-0.3, -0.25) is 9.59 Å². The maximum absolute atomic E-state index is 13.1. The molecule has 0 aromatic heterocycles. The molecular formula is C48H93NO5. The number of rotatable bonds is 43. The maximum Gasteiger partial charge on any atom is 0.306 e. The van der Waals surface area contributed by atoms with E-state index in [0.717, 1.165) is 51.4 Å². The first-order valence-electron chi connectivity index (χ1n) is 23.9. The Kier molecular flexibility index (Phi) is 41.6. The van der Waals surface area contributed by atoms with Crippen molar-refractivity contribution >= 4 is 11.9 Å². The number of aliphatic hydroxyl groups excluding tert-OH is 2. The number of ether oxygens (including phenoxy) is 1. The Balaban J connectivity index is 4.39. The second-order valence-electron chi connectivity index (χ2n) is 16.5. The van der Waals surface area contributed by atoms with Crippen LogP contribution < -0.4 is 5.32 Å². The van der Waals surface area contributed by atoms with Crippen LogP contribution in [0.1, 0.15) is 258 Å². The van der Waals surface area contributed by atoms with Gasteiger partial charge in [-0.15, -0.1) is 0 Å². The van der Waals surface area contributed by atoms with Crippen molar-refractivity contribution in [3.8, 4) is 0 Å². The fourth-order valence-electron chi connectivity index (χ4n) is 7.41. The lowest BCUT2D eigenvalue weighted by molar-refractivity contribution is -0.151. The van der Waals surface area contributed by atoms with Gasteiger partial charge < -0.3 is 20.3 Å². The molecule has 0 aliphatic carbocycles. The maximum atomic E-state index is 13.1. The van der Waals surface area contributed by atoms with Crippen LogP contribution >= 0.6 is 0 Å². The average Bonchev–Trinajstić information content (AvgIpc) is 3.16. The number of hydrogen-bond acceptors (Lipinski definition) is 5. The summed E-state index contributed by atoms with van der Waals surface area (Å²) in [4.78, 5) is 25.9. The van der Waals surface area contributed by atoms with Crippen molar-refractivity contribution in [1.29, 1.82) is 0 Å². The molecule has 3 atom stereocenters. The van der Waals surface area contributed by atoms with Crippen LogP contribution in [0, 0.1) is 0 Å². The van der Waals surface area contributed by atoms with Crippen molar-refractivity contribution in [3.05, 3.63) is 12.2 Å². The van der Waals surface area contributed by atoms with Gasteiger partial charge in [0.1, 0.15) is 6.10 Å². The van der Waals surface area contributed by atoms with Crippen LogP contribution in [-0.2, 0) is 14.3 Å². The van der Waals surface area contributed by atoms with Gasteiger partial charge in [-0.25, -0.2) is 0 Å². The van der Waals surface area contributed by atoms with Gasteiger partial charge in [-0.2, -0.15) is 0 Å². The highest BCUT2D eigenvalue weighted by molar-refractivity contribution is 5.77. The lowest BCUT2D eigenvalue weighted by Crippen LogP contribution is -2.46. The Morgan fingerprint density at radius 2 is 0.907 bits per heavy atom. The molecule has 0 saturated heterocycles. The van der Waals surface area contributed by atoms with Gasteiger partial charge in [0.15, 0.2) is 0 Å². The summed E-state index contributed by atoms with van der Waals surface area (Å²) in [6.07, 6.45) is 45.6. The molecule has 6 nitrogen and oxygen atoms in total. The smallest absolute Gasteiger partial charge is 0.306 e. The van der Waals surface area contributed by atoms with E-state index in [4.69, 9.17) is 4.74 Å². The van der Waals surface area contributed by atoms with E-state index in [2.05, 4.69) is 38.2 Å². The summed E-state index contributed by atoms with van der Waals surface area (Å²) in [7, 11) is 0. The third-order valence-corrected chi connectivity index (χ3v) is 11.1. The highest BCUT2D eigenvalue weighted by atomic mass is 16.5. The molecule has 0 fully saturated rings. The molecule has 1 amide bonds. The third-order valence-electron chi connectivity index (χ3n) is 11.1. The van der Waals surface area contributed by atoms with E-state index >= 15 is 0 Å². The molecule has 3 N–H and O–H groups in total. The number of amides is 1. The first-order valence-corrected chi connectivity index (χ1v) is 23.9. The van der Waals surface area contributed by atoms with Crippen LogP contribution in [0.5, 0.6) is 0 Å². The first kappa shape index (κ1) is 52.6. The third kappa shape index (κ3) is 37.5. The number of allylic oxidation sites excluding steroid dienone is 2. The van der Waals surface area contributed by atoms with E-state index < -0.39 is 18.2 Å². The number of nitrogens with one attached hydrogen (secondary N) is 1. The number of esters is 1. The molecule has 54 heavy (non-hydrogen) atoms. The van der Waals surface area contributed by atoms with Crippen molar-refractivity contribution in [2.24, 2.45) is 0 Å². The Hall–Kier alpha value is -1.40. The van der Waals surface area contributed by atoms with Gasteiger partial charge in [-0.1, -0.05) is 213 Å². The average molecular weight is 764 g/mol. The Labute approximate surface area is 336 Å². The normalized spacial score (nSPS) is 13.4. The summed E-state index contributed by atoms with van der Waals surface area (Å²) in [5, 5.41) is 23.7. The van der Waals surface area contributed by atoms with E-state index in [0.29, 0.717) is 19.3 Å². The number of carbonyl (C=O) groups excluding carboxylic acids is 2. The van der Waals surface area contributed by atoms with E-state index in [1.807, 2.05) is 0 Å². The second kappa shape index (κ2) is 42.7. The van der Waals surface area contributed by atoms with Crippen LogP contribution in [0.15, 0.2) is 12.2 Å². The van der Waals surface area contributed by atoms with Gasteiger partial charge >= 0.3 is 5.97 Å². The molecule has 0 aromatic carbocycles. The van der Waals surface area contributed by atoms with E-state index in [9.17, 15) is 19.8 Å². The Morgan fingerprint density at radius 1 is 0.519 bits per heavy atom. The zero-order chi connectivity index (χ0) is 39.6. The van der Waals surface area contributed by atoms with E-state index in [1.54, 1.807) is 0 Å². The number of carbonyl (C=O) groups is 2. The van der Waals surface area contributed by atoms with Crippen molar-refractivity contribution < 1.29 is 24.5 Å². The highest BCUT2D eigenvalue weighted by Crippen LogP contribution is 2.18. The Morgan fingerprint density at radius 3 is 1.37 bits per heavy atom. The van der Waals surface area contributed by atoms with Crippen molar-refractivity contribution in [2.45, 2.75) is 277 Å². The number of unbranched alkanes of at least 4 members (excludes halogenated alkanes) is 29. The molecule has 0 rings (SSSR count). The zero-order valence-corrected chi connectivity index (χ0v) is 36.4. The largest absolute Gasteiger partial charge is 0.462 e. The zero-order valence-electron chi connectivity index (χ0n) is 36.4. The highest BCUT2D eigenvalue weighted by Gasteiger charge is 2.24. The summed E-state index contributed by atoms with van der Waals surface area (Å²) in [6.45, 7) is 6.43. The van der Waals surface area contributed by atoms with E-state index in [-0.39, 0.29) is 24.9 Å². The summed E-state index contributed by atoms with van der Waals surface area (Å²) in [5.41, 5.74) is 0. The number of hydrogen-bond donors (Lipinski definition) is 3. The molecule has 0 spiro atoms. The van der Waals surface area contributed by atoms with Crippen molar-refractivity contribution in [1.82, 2.24) is 5.32 Å². The second-order valence-corrected chi connectivity index (χ2v) is 16.5. The number of aliphatic hydroxyl groups is 2. The molecule has 0 bridgehead atoms. The molecule has 6 heteroatoms. The monoisotopic (exact) mass is 764 g/mol. The minimum atomic E-state index is -0.781. The molecule has 0 heterocycles. The molecule has 0 aromatic rings. The van der Waals surface area contributed by atoms with Crippen LogP contribution in [0.25, 0.3) is 0 Å². The summed E-state index contributed by atoms with van der Waals surface area (Å²) in [6, 6.07) is -0.694. The minimum Gasteiger partial charge on any atom is -0.462 e. The van der Waals surface area contributed by atoms with Gasteiger partial charge in [-0.05, 0) is 44.9 Å². The lowest BCUT2D eigenvalue weighted by atomic mass is 10.0. The topological polar surface area (TPSA) is 95.9 Å².